The SMILES string of the molecule is Cn1c(=O)c2c(n[c-]n2C)n(C)c1=O.[Cr]. The summed E-state index contributed by atoms with van der Waals surface area (Å²) < 4.78 is 3.86. The summed E-state index contributed by atoms with van der Waals surface area (Å²) in [5.41, 5.74) is 0.0177. The van der Waals surface area contributed by atoms with Crippen molar-refractivity contribution in [2.45, 2.75) is 0 Å². The van der Waals surface area contributed by atoms with Crippen molar-refractivity contribution in [2.24, 2.45) is 21.1 Å². The second kappa shape index (κ2) is 3.68. The molecule has 2 aromatic rings. The van der Waals surface area contributed by atoms with Crippen molar-refractivity contribution in [1.29, 1.82) is 0 Å². The molecule has 2 rings (SSSR count). The molecule has 0 N–H and O–H groups in total. The van der Waals surface area contributed by atoms with Crippen molar-refractivity contribution in [3.05, 3.63) is 27.2 Å². The Bertz CT molecular complexity index is 622. The third-order valence-electron chi connectivity index (χ3n) is 2.25. The van der Waals surface area contributed by atoms with Crippen molar-refractivity contribution in [2.75, 3.05) is 0 Å². The molecule has 15 heavy (non-hydrogen) atoms. The molecule has 0 spiro atoms. The Morgan fingerprint density at radius 2 is 1.73 bits per heavy atom. The topological polar surface area (TPSA) is 61.8 Å². The molecular weight excluding hydrogens is 236 g/mol. The van der Waals surface area contributed by atoms with Gasteiger partial charge in [0.25, 0.3) is 0 Å². The number of rotatable bonds is 0. The van der Waals surface area contributed by atoms with E-state index >= 15 is 0 Å². The van der Waals surface area contributed by atoms with E-state index < -0.39 is 0 Å². The molecule has 0 aliphatic carbocycles. The first-order valence-electron chi connectivity index (χ1n) is 4.04. The van der Waals surface area contributed by atoms with Crippen LogP contribution in [-0.2, 0) is 38.5 Å². The van der Waals surface area contributed by atoms with Gasteiger partial charge in [0, 0.05) is 43.4 Å². The van der Waals surface area contributed by atoms with Crippen LogP contribution in [0.5, 0.6) is 0 Å². The Kier molecular flexibility index (Phi) is 2.89. The van der Waals surface area contributed by atoms with Gasteiger partial charge in [0.2, 0.25) is 5.56 Å². The summed E-state index contributed by atoms with van der Waals surface area (Å²) in [5.74, 6) is 0. The standard InChI is InChI=1S/C8H9N4O2.Cr/c1-10-4-9-6-5(10)7(13)12(3)8(14)11(6)2;/h1-3H3;/q-1;. The maximum atomic E-state index is 11.7. The molecule has 6 nitrogen and oxygen atoms in total. The molecule has 0 aliphatic heterocycles. The smallest absolute Gasteiger partial charge is 0.319 e. The van der Waals surface area contributed by atoms with Crippen molar-refractivity contribution in [1.82, 2.24) is 18.7 Å². The summed E-state index contributed by atoms with van der Waals surface area (Å²) in [7, 11) is 4.68. The van der Waals surface area contributed by atoms with Gasteiger partial charge in [-0.25, -0.2) is 4.79 Å². The van der Waals surface area contributed by atoms with Crippen molar-refractivity contribution < 1.29 is 17.4 Å². The van der Waals surface area contributed by atoms with Gasteiger partial charge >= 0.3 is 5.69 Å². The maximum absolute atomic E-state index is 11.7. The van der Waals surface area contributed by atoms with Crippen molar-refractivity contribution >= 4 is 11.2 Å². The van der Waals surface area contributed by atoms with Crippen LogP contribution in [0.1, 0.15) is 0 Å². The number of fused-ring (bicyclic) bond motifs is 1. The molecule has 0 amide bonds. The first-order chi connectivity index (χ1) is 6.54. The summed E-state index contributed by atoms with van der Waals surface area (Å²) in [4.78, 5) is 27.0. The fraction of sp³-hybridized carbons (Fsp3) is 0.375. The summed E-state index contributed by atoms with van der Waals surface area (Å²) in [6, 6.07) is 0. The van der Waals surface area contributed by atoms with Crippen LogP contribution in [0.25, 0.3) is 11.2 Å². The van der Waals surface area contributed by atoms with E-state index in [1.54, 1.807) is 14.1 Å². The number of hydrogen-bond acceptors (Lipinski definition) is 3. The van der Waals surface area contributed by atoms with Gasteiger partial charge < -0.3 is 14.1 Å². The van der Waals surface area contributed by atoms with Crippen LogP contribution in [0.4, 0.5) is 0 Å². The molecule has 2 heterocycles. The molecule has 0 fully saturated rings. The Hall–Kier alpha value is -1.32. The molecule has 0 atom stereocenters. The zero-order chi connectivity index (χ0) is 10.5. The monoisotopic (exact) mass is 245 g/mol. The number of aromatic nitrogens is 4. The van der Waals surface area contributed by atoms with Crippen molar-refractivity contribution in [3.8, 4) is 0 Å². The molecule has 0 unspecified atom stereocenters. The quantitative estimate of drug-likeness (QED) is 0.546. The molecule has 0 saturated carbocycles. The van der Waals surface area contributed by atoms with Crippen LogP contribution >= 0.6 is 0 Å². The summed E-state index contributed by atoms with van der Waals surface area (Å²) in [5, 5.41) is 0. The second-order valence-electron chi connectivity index (χ2n) is 3.15. The van der Waals surface area contributed by atoms with Gasteiger partial charge in [-0.2, -0.15) is 0 Å². The molecule has 7 heteroatoms. The van der Waals surface area contributed by atoms with E-state index in [9.17, 15) is 9.59 Å². The van der Waals surface area contributed by atoms with Gasteiger partial charge in [0.05, 0.1) is 0 Å². The Balaban J connectivity index is 0.00000112. The zero-order valence-electron chi connectivity index (χ0n) is 8.51. The van der Waals surface area contributed by atoms with E-state index in [0.29, 0.717) is 11.2 Å². The van der Waals surface area contributed by atoms with E-state index in [2.05, 4.69) is 11.3 Å². The minimum absolute atomic E-state index is 0. The Morgan fingerprint density at radius 3 is 2.33 bits per heavy atom. The average Bonchev–Trinajstić information content (AvgIpc) is 2.54. The molecular formula is C8H9CrN4O2-. The van der Waals surface area contributed by atoms with Gasteiger partial charge in [-0.1, -0.05) is 0 Å². The van der Waals surface area contributed by atoms with Crippen molar-refractivity contribution in [3.63, 3.8) is 0 Å². The Labute approximate surface area is 95.9 Å². The molecule has 2 aromatic heterocycles. The van der Waals surface area contributed by atoms with E-state index in [4.69, 9.17) is 0 Å². The second-order valence-corrected chi connectivity index (χ2v) is 3.15. The molecule has 0 bridgehead atoms. The van der Waals surface area contributed by atoms with E-state index in [0.717, 1.165) is 4.57 Å². The minimum Gasteiger partial charge on any atom is -0.444 e. The fourth-order valence-electron chi connectivity index (χ4n) is 1.41. The first kappa shape index (κ1) is 11.8. The predicted octanol–water partition coefficient (Wildman–Crippen LogP) is -1.23. The van der Waals surface area contributed by atoms with E-state index in [1.165, 1.54) is 16.2 Å². The summed E-state index contributed by atoms with van der Waals surface area (Å²) in [6.45, 7) is 0. The van der Waals surface area contributed by atoms with E-state index in [1.807, 2.05) is 0 Å². The third kappa shape index (κ3) is 1.44. The largest absolute Gasteiger partial charge is 0.444 e. The zero-order valence-corrected chi connectivity index (χ0v) is 9.79. The minimum atomic E-state index is -0.380. The van der Waals surface area contributed by atoms with Crippen LogP contribution in [0.3, 0.4) is 0 Å². The van der Waals surface area contributed by atoms with Crippen LogP contribution in [0.2, 0.25) is 0 Å². The van der Waals surface area contributed by atoms with Crippen LogP contribution < -0.4 is 11.2 Å². The molecule has 80 valence electrons. The molecule has 0 saturated heterocycles. The van der Waals surface area contributed by atoms with Gasteiger partial charge in [-0.05, 0) is 12.6 Å². The molecule has 0 radical (unpaired) electrons. The number of imidazole rings is 1. The first-order valence-corrected chi connectivity index (χ1v) is 4.04. The molecule has 0 aromatic carbocycles. The summed E-state index contributed by atoms with van der Waals surface area (Å²) in [6.07, 6.45) is 2.61. The van der Waals surface area contributed by atoms with E-state index in [-0.39, 0.29) is 28.6 Å². The number of hydrogen-bond donors (Lipinski definition) is 0. The van der Waals surface area contributed by atoms with Gasteiger partial charge in [0.1, 0.15) is 0 Å². The van der Waals surface area contributed by atoms with Crippen LogP contribution in [0, 0.1) is 6.33 Å². The van der Waals surface area contributed by atoms with Gasteiger partial charge in [0.15, 0.2) is 0 Å². The van der Waals surface area contributed by atoms with Gasteiger partial charge in [-0.3, -0.25) is 9.36 Å². The predicted molar refractivity (Wildman–Crippen MR) is 50.0 cm³/mol. The maximum Gasteiger partial charge on any atom is 0.319 e. The average molecular weight is 245 g/mol. The normalized spacial score (nSPS) is 10.3. The fourth-order valence-corrected chi connectivity index (χ4v) is 1.41. The summed E-state index contributed by atoms with van der Waals surface area (Å²) >= 11 is 0. The number of aryl methyl sites for hydroxylation is 2. The van der Waals surface area contributed by atoms with Crippen LogP contribution in [-0.4, -0.2) is 18.7 Å². The molecule has 0 aliphatic rings. The Morgan fingerprint density at radius 1 is 1.13 bits per heavy atom. The number of nitrogens with zero attached hydrogens (tertiary/aromatic N) is 4. The third-order valence-corrected chi connectivity index (χ3v) is 2.25. The van der Waals surface area contributed by atoms with Crippen LogP contribution in [0.15, 0.2) is 9.59 Å². The van der Waals surface area contributed by atoms with Gasteiger partial charge in [-0.15, -0.1) is 0 Å².